The molecule has 6 heteroatoms. The van der Waals surface area contributed by atoms with E-state index in [1.165, 1.54) is 0 Å². The predicted octanol–water partition coefficient (Wildman–Crippen LogP) is 0.656. The summed E-state index contributed by atoms with van der Waals surface area (Å²) in [5, 5.41) is 10.9. The summed E-state index contributed by atoms with van der Waals surface area (Å²) >= 11 is 5.89. The van der Waals surface area contributed by atoms with Gasteiger partial charge in [-0.05, 0) is 19.3 Å². The van der Waals surface area contributed by atoms with Gasteiger partial charge in [0.2, 0.25) is 5.95 Å². The number of aryl methyl sites for hydroxylation is 1. The van der Waals surface area contributed by atoms with Crippen LogP contribution in [0.15, 0.2) is 0 Å². The molecular weight excluding hydrogens is 242 g/mol. The highest BCUT2D eigenvalue weighted by Crippen LogP contribution is 2.23. The summed E-state index contributed by atoms with van der Waals surface area (Å²) in [5.74, 6) is -0.797. The molecule has 1 saturated heterocycles. The van der Waals surface area contributed by atoms with Gasteiger partial charge in [-0.15, -0.1) is 0 Å². The summed E-state index contributed by atoms with van der Waals surface area (Å²) in [7, 11) is 0. The van der Waals surface area contributed by atoms with Crippen LogP contribution in [0.3, 0.4) is 0 Å². The molecule has 0 unspecified atom stereocenters. The molecule has 92 valence electrons. The number of anilines is 1. The van der Waals surface area contributed by atoms with Gasteiger partial charge in [-0.2, -0.15) is 0 Å². The Morgan fingerprint density at radius 3 is 2.59 bits per heavy atom. The average molecular weight is 255 g/mol. The topological polar surface area (TPSA) is 69.2 Å². The van der Waals surface area contributed by atoms with Gasteiger partial charge in [-0.25, -0.2) is 9.97 Å². The molecule has 0 amide bonds. The van der Waals surface area contributed by atoms with Crippen LogP contribution in [0.25, 0.3) is 0 Å². The van der Waals surface area contributed by atoms with E-state index in [0.717, 1.165) is 25.9 Å². The zero-order chi connectivity index (χ0) is 12.4. The van der Waals surface area contributed by atoms with Crippen molar-refractivity contribution in [2.45, 2.75) is 26.2 Å². The summed E-state index contributed by atoms with van der Waals surface area (Å²) in [6.45, 7) is 3.62. The molecule has 0 N–H and O–H groups in total. The molecule has 17 heavy (non-hydrogen) atoms. The van der Waals surface area contributed by atoms with Gasteiger partial charge >= 0.3 is 0 Å². The fraction of sp³-hybridized carbons (Fsp3) is 0.545. The number of hydrogen-bond donors (Lipinski definition) is 0. The van der Waals surface area contributed by atoms with Crippen molar-refractivity contribution in [2.75, 3.05) is 18.0 Å². The summed E-state index contributed by atoms with van der Waals surface area (Å²) < 4.78 is 0. The molecule has 0 saturated carbocycles. The number of aromatic carboxylic acids is 1. The first-order valence-electron chi connectivity index (χ1n) is 5.66. The number of rotatable bonds is 3. The molecule has 1 aliphatic rings. The largest absolute Gasteiger partial charge is 0.545 e. The number of hydrogen-bond acceptors (Lipinski definition) is 5. The van der Waals surface area contributed by atoms with E-state index >= 15 is 0 Å². The molecule has 2 rings (SSSR count). The number of carboxylic acid groups (broad SMARTS) is 1. The third kappa shape index (κ3) is 2.34. The molecule has 1 aromatic rings. The number of aromatic nitrogens is 2. The summed E-state index contributed by atoms with van der Waals surface area (Å²) in [5.41, 5.74) is 0.351. The summed E-state index contributed by atoms with van der Waals surface area (Å²) in [6, 6.07) is 0. The van der Waals surface area contributed by atoms with E-state index in [-0.39, 0.29) is 10.7 Å². The summed E-state index contributed by atoms with van der Waals surface area (Å²) in [4.78, 5) is 21.3. The predicted molar refractivity (Wildman–Crippen MR) is 62.2 cm³/mol. The molecule has 0 bridgehead atoms. The van der Waals surface area contributed by atoms with E-state index in [1.807, 2.05) is 11.8 Å². The Morgan fingerprint density at radius 2 is 2.06 bits per heavy atom. The van der Waals surface area contributed by atoms with Crippen LogP contribution in [-0.2, 0) is 6.42 Å². The van der Waals surface area contributed by atoms with Crippen molar-refractivity contribution in [1.82, 2.24) is 9.97 Å². The fourth-order valence-corrected chi connectivity index (χ4v) is 2.24. The molecule has 0 spiro atoms. The first-order chi connectivity index (χ1) is 8.13. The minimum atomic E-state index is -1.32. The van der Waals surface area contributed by atoms with Crippen molar-refractivity contribution in [1.29, 1.82) is 0 Å². The molecule has 0 aliphatic carbocycles. The number of carbonyl (C=O) groups excluding carboxylic acids is 1. The van der Waals surface area contributed by atoms with Crippen LogP contribution in [0.4, 0.5) is 5.95 Å². The third-order valence-corrected chi connectivity index (χ3v) is 3.13. The van der Waals surface area contributed by atoms with E-state index in [1.54, 1.807) is 0 Å². The smallest absolute Gasteiger partial charge is 0.227 e. The van der Waals surface area contributed by atoms with E-state index in [4.69, 9.17) is 11.6 Å². The molecule has 2 heterocycles. The standard InChI is InChI=1S/C11H14ClN3O2/c1-2-7-8(10(16)17)9(12)14-11(13-7)15-5-3-4-6-15/h2-6H2,1H3,(H,16,17)/p-1. The third-order valence-electron chi connectivity index (χ3n) is 2.86. The van der Waals surface area contributed by atoms with Crippen LogP contribution < -0.4 is 10.0 Å². The lowest BCUT2D eigenvalue weighted by Crippen LogP contribution is -2.27. The van der Waals surface area contributed by atoms with Crippen LogP contribution in [0.5, 0.6) is 0 Å². The van der Waals surface area contributed by atoms with Gasteiger partial charge in [-0.3, -0.25) is 0 Å². The van der Waals surface area contributed by atoms with Gasteiger partial charge in [0.1, 0.15) is 5.15 Å². The Morgan fingerprint density at radius 1 is 1.41 bits per heavy atom. The first kappa shape index (κ1) is 12.1. The van der Waals surface area contributed by atoms with E-state index in [2.05, 4.69) is 9.97 Å². The minimum absolute atomic E-state index is 0.0289. The second-order valence-electron chi connectivity index (χ2n) is 3.97. The second-order valence-corrected chi connectivity index (χ2v) is 4.33. The Hall–Kier alpha value is -1.36. The van der Waals surface area contributed by atoms with Gasteiger partial charge < -0.3 is 14.8 Å². The SMILES string of the molecule is CCc1nc(N2CCCC2)nc(Cl)c1C(=O)[O-]. The van der Waals surface area contributed by atoms with Gasteiger partial charge in [0.25, 0.3) is 0 Å². The molecule has 1 fully saturated rings. The normalized spacial score (nSPS) is 15.3. The van der Waals surface area contributed by atoms with Crippen molar-refractivity contribution < 1.29 is 9.90 Å². The summed E-state index contributed by atoms with van der Waals surface area (Å²) in [6.07, 6.45) is 2.70. The zero-order valence-electron chi connectivity index (χ0n) is 9.57. The zero-order valence-corrected chi connectivity index (χ0v) is 10.3. The number of carbonyl (C=O) groups is 1. The van der Waals surface area contributed by atoms with Crippen molar-refractivity contribution in [3.8, 4) is 0 Å². The first-order valence-corrected chi connectivity index (χ1v) is 6.04. The van der Waals surface area contributed by atoms with E-state index in [9.17, 15) is 9.90 Å². The lowest BCUT2D eigenvalue weighted by Gasteiger charge is -2.18. The molecule has 1 aliphatic heterocycles. The van der Waals surface area contributed by atoms with Gasteiger partial charge in [0.15, 0.2) is 0 Å². The van der Waals surface area contributed by atoms with E-state index < -0.39 is 5.97 Å². The van der Waals surface area contributed by atoms with Crippen molar-refractivity contribution in [3.05, 3.63) is 16.4 Å². The monoisotopic (exact) mass is 254 g/mol. The number of nitrogens with zero attached hydrogens (tertiary/aromatic N) is 3. The van der Waals surface area contributed by atoms with Gasteiger partial charge in [0, 0.05) is 13.1 Å². The Bertz CT molecular complexity index is 445. The Kier molecular flexibility index (Phi) is 3.47. The second kappa shape index (κ2) is 4.87. The molecule has 5 nitrogen and oxygen atoms in total. The fourth-order valence-electron chi connectivity index (χ4n) is 1.98. The molecule has 0 radical (unpaired) electrons. The van der Waals surface area contributed by atoms with Crippen LogP contribution in [0, 0.1) is 0 Å². The molecule has 0 aromatic carbocycles. The number of carboxylic acids is 1. The van der Waals surface area contributed by atoms with Crippen LogP contribution in [0.2, 0.25) is 5.15 Å². The van der Waals surface area contributed by atoms with Crippen molar-refractivity contribution >= 4 is 23.5 Å². The maximum Gasteiger partial charge on any atom is 0.227 e. The maximum atomic E-state index is 10.9. The molecule has 1 aromatic heterocycles. The highest BCUT2D eigenvalue weighted by Gasteiger charge is 2.19. The van der Waals surface area contributed by atoms with Gasteiger partial charge in [0.05, 0.1) is 17.2 Å². The van der Waals surface area contributed by atoms with Crippen LogP contribution in [-0.4, -0.2) is 29.0 Å². The lowest BCUT2D eigenvalue weighted by molar-refractivity contribution is -0.255. The van der Waals surface area contributed by atoms with Crippen molar-refractivity contribution in [2.24, 2.45) is 0 Å². The minimum Gasteiger partial charge on any atom is -0.545 e. The highest BCUT2D eigenvalue weighted by molar-refractivity contribution is 6.32. The average Bonchev–Trinajstić information content (AvgIpc) is 2.80. The lowest BCUT2D eigenvalue weighted by atomic mass is 10.2. The van der Waals surface area contributed by atoms with Crippen LogP contribution in [0.1, 0.15) is 35.8 Å². The number of halogens is 1. The quantitative estimate of drug-likeness (QED) is 0.741. The molecular formula is C11H13ClN3O2-. The van der Waals surface area contributed by atoms with Crippen molar-refractivity contribution in [3.63, 3.8) is 0 Å². The van der Waals surface area contributed by atoms with Crippen LogP contribution >= 0.6 is 11.6 Å². The molecule has 0 atom stereocenters. The Labute approximate surface area is 104 Å². The van der Waals surface area contributed by atoms with E-state index in [0.29, 0.717) is 18.1 Å². The Balaban J connectivity index is 2.43. The van der Waals surface area contributed by atoms with Gasteiger partial charge in [-0.1, -0.05) is 18.5 Å². The highest BCUT2D eigenvalue weighted by atomic mass is 35.5. The maximum absolute atomic E-state index is 10.9.